The first-order chi connectivity index (χ1) is 15.5. The molecule has 1 amide bonds. The number of aromatic nitrogens is 1. The number of amides is 1. The number of nitrogens with one attached hydrogen (secondary N) is 4. The van der Waals surface area contributed by atoms with E-state index in [1.165, 1.54) is 12.1 Å². The molecule has 178 valence electrons. The molecule has 1 fully saturated rings. The number of aromatic amines is 1. The van der Waals surface area contributed by atoms with Crippen LogP contribution in [-0.2, 0) is 24.7 Å². The van der Waals surface area contributed by atoms with E-state index in [1.54, 1.807) is 27.7 Å². The maximum absolute atomic E-state index is 12.2. The molecule has 2 rings (SSSR count). The fraction of sp³-hybridized carbons (Fsp3) is 0.524. The summed E-state index contributed by atoms with van der Waals surface area (Å²) < 4.78 is 10.7. The number of ether oxygens (including phenoxy) is 2. The Morgan fingerprint density at radius 2 is 2.03 bits per heavy atom. The minimum absolute atomic E-state index is 0.0510. The summed E-state index contributed by atoms with van der Waals surface area (Å²) in [5.74, 6) is -2.06. The van der Waals surface area contributed by atoms with E-state index in [9.17, 15) is 25.1 Å². The summed E-state index contributed by atoms with van der Waals surface area (Å²) in [5.41, 5.74) is -1.98. The van der Waals surface area contributed by atoms with Crippen LogP contribution < -0.4 is 5.32 Å². The molecule has 12 nitrogen and oxygen atoms in total. The maximum Gasteiger partial charge on any atom is 0.308 e. The van der Waals surface area contributed by atoms with Gasteiger partial charge in [-0.2, -0.15) is 5.26 Å². The van der Waals surface area contributed by atoms with E-state index < -0.39 is 41.7 Å². The Hall–Kier alpha value is -3.40. The van der Waals surface area contributed by atoms with Crippen molar-refractivity contribution in [1.82, 2.24) is 10.3 Å². The number of hydrogen-bond acceptors (Lipinski definition) is 9. The van der Waals surface area contributed by atoms with Gasteiger partial charge < -0.3 is 30.0 Å². The van der Waals surface area contributed by atoms with E-state index >= 15 is 0 Å². The lowest BCUT2D eigenvalue weighted by Gasteiger charge is -2.23. The van der Waals surface area contributed by atoms with Crippen molar-refractivity contribution in [2.24, 2.45) is 16.8 Å². The van der Waals surface area contributed by atoms with E-state index in [4.69, 9.17) is 20.3 Å². The molecule has 1 saturated heterocycles. The van der Waals surface area contributed by atoms with Crippen LogP contribution in [0.4, 0.5) is 0 Å². The molecule has 12 heteroatoms. The highest BCUT2D eigenvalue weighted by atomic mass is 16.6. The van der Waals surface area contributed by atoms with E-state index in [0.29, 0.717) is 6.34 Å². The highest BCUT2D eigenvalue weighted by molar-refractivity contribution is 6.41. The minimum atomic E-state index is -2.02. The third-order valence-corrected chi connectivity index (χ3v) is 5.07. The summed E-state index contributed by atoms with van der Waals surface area (Å²) in [6.07, 6.45) is -3.66. The molecule has 0 spiro atoms. The van der Waals surface area contributed by atoms with Gasteiger partial charge in [0, 0.05) is 5.92 Å². The number of esters is 1. The van der Waals surface area contributed by atoms with Crippen molar-refractivity contribution in [2.45, 2.75) is 51.6 Å². The van der Waals surface area contributed by atoms with Crippen molar-refractivity contribution in [3.8, 4) is 6.07 Å². The number of amidine groups is 1. The molecule has 1 aromatic rings. The van der Waals surface area contributed by atoms with Crippen LogP contribution in [0.25, 0.3) is 0 Å². The second-order valence-corrected chi connectivity index (χ2v) is 8.14. The highest BCUT2D eigenvalue weighted by Gasteiger charge is 2.57. The van der Waals surface area contributed by atoms with Gasteiger partial charge in [-0.05, 0) is 12.1 Å². The standard InChI is InChI=1S/C21H28N6O6/c1-10(2)15(24)19(30)27-18(25-9-23)12-5-6-14(26-12)21(8-22)17(29)16(28)13(33-21)7-32-20(31)11(3)4/h5-6,9-11,13,16-17,24,26,28-29H,7H2,1-4H3,(H2,23,25,27,30)/t13-,16-,17-,21+/m1/s1. The first-order valence-corrected chi connectivity index (χ1v) is 10.3. The number of aliphatic hydroxyl groups is 2. The second kappa shape index (κ2) is 10.5. The zero-order valence-electron chi connectivity index (χ0n) is 18.7. The van der Waals surface area contributed by atoms with E-state index in [2.05, 4.69) is 15.3 Å². The van der Waals surface area contributed by atoms with Crippen molar-refractivity contribution < 1.29 is 29.3 Å². The predicted octanol–water partition coefficient (Wildman–Crippen LogP) is 0.199. The number of H-pyrrole nitrogens is 1. The molecule has 0 aromatic carbocycles. The fourth-order valence-electron chi connectivity index (χ4n) is 3.08. The number of rotatable bonds is 8. The van der Waals surface area contributed by atoms with Gasteiger partial charge in [0.1, 0.15) is 37.3 Å². The van der Waals surface area contributed by atoms with Crippen LogP contribution in [0, 0.1) is 34.0 Å². The van der Waals surface area contributed by atoms with Crippen LogP contribution in [-0.4, -0.2) is 69.9 Å². The number of nitrogens with zero attached hydrogens (tertiary/aromatic N) is 2. The summed E-state index contributed by atoms with van der Waals surface area (Å²) in [7, 11) is 0. The molecule has 0 radical (unpaired) electrons. The molecule has 1 aliphatic rings. The largest absolute Gasteiger partial charge is 0.463 e. The first-order valence-electron chi connectivity index (χ1n) is 10.3. The highest BCUT2D eigenvalue weighted by Crippen LogP contribution is 2.39. The normalized spacial score (nSPS) is 25.1. The first kappa shape index (κ1) is 25.9. The Kier molecular flexibility index (Phi) is 8.21. The Balaban J connectivity index is 2.30. The van der Waals surface area contributed by atoms with Gasteiger partial charge in [0.2, 0.25) is 5.60 Å². The van der Waals surface area contributed by atoms with Crippen LogP contribution >= 0.6 is 0 Å². The zero-order valence-corrected chi connectivity index (χ0v) is 18.7. The van der Waals surface area contributed by atoms with Gasteiger partial charge in [-0.3, -0.25) is 20.4 Å². The lowest BCUT2D eigenvalue weighted by atomic mass is 9.93. The van der Waals surface area contributed by atoms with Gasteiger partial charge >= 0.3 is 5.97 Å². The van der Waals surface area contributed by atoms with Crippen LogP contribution in [0.15, 0.2) is 17.1 Å². The number of nitriles is 1. The van der Waals surface area contributed by atoms with E-state index in [0.717, 1.165) is 0 Å². The summed E-state index contributed by atoms with van der Waals surface area (Å²) in [6.45, 7) is 6.27. The SMILES string of the molecule is CC(C)C(=N)C(=O)NC(=NC=N)c1ccc([C@]2(C#N)O[C@H](COC(=O)C(C)C)[C@@H](O)[C@H]2O)[nH]1. The van der Waals surface area contributed by atoms with Crippen LogP contribution in [0.3, 0.4) is 0 Å². The average molecular weight is 460 g/mol. The molecule has 1 aromatic heterocycles. The van der Waals surface area contributed by atoms with Gasteiger partial charge in [-0.1, -0.05) is 27.7 Å². The van der Waals surface area contributed by atoms with Gasteiger partial charge in [0.05, 0.1) is 23.0 Å². The lowest BCUT2D eigenvalue weighted by molar-refractivity contribution is -0.154. The third-order valence-electron chi connectivity index (χ3n) is 5.07. The number of hydrogen-bond donors (Lipinski definition) is 6. The summed E-state index contributed by atoms with van der Waals surface area (Å²) in [6, 6.07) is 4.70. The number of aliphatic hydroxyl groups excluding tert-OH is 2. The van der Waals surface area contributed by atoms with Crippen LogP contribution in [0.5, 0.6) is 0 Å². The lowest BCUT2D eigenvalue weighted by Crippen LogP contribution is -2.41. The van der Waals surface area contributed by atoms with Gasteiger partial charge in [-0.25, -0.2) is 4.99 Å². The Bertz CT molecular complexity index is 994. The quantitative estimate of drug-likeness (QED) is 0.180. The predicted molar refractivity (Wildman–Crippen MR) is 117 cm³/mol. The second-order valence-electron chi connectivity index (χ2n) is 8.14. The molecule has 0 saturated carbocycles. The zero-order chi connectivity index (χ0) is 24.9. The van der Waals surface area contributed by atoms with Gasteiger partial charge in [0.15, 0.2) is 5.84 Å². The Labute approximate surface area is 190 Å². The fourth-order valence-corrected chi connectivity index (χ4v) is 3.08. The smallest absolute Gasteiger partial charge is 0.308 e. The molecule has 33 heavy (non-hydrogen) atoms. The van der Waals surface area contributed by atoms with Crippen molar-refractivity contribution in [3.63, 3.8) is 0 Å². The number of aliphatic imine (C=N–C) groups is 1. The molecular weight excluding hydrogens is 432 g/mol. The van der Waals surface area contributed by atoms with E-state index in [-0.39, 0.29) is 35.5 Å². The van der Waals surface area contributed by atoms with E-state index in [1.807, 2.05) is 6.07 Å². The molecule has 0 unspecified atom stereocenters. The van der Waals surface area contributed by atoms with Gasteiger partial charge in [-0.15, -0.1) is 0 Å². The molecule has 1 aliphatic heterocycles. The van der Waals surface area contributed by atoms with Crippen molar-refractivity contribution >= 4 is 29.8 Å². The van der Waals surface area contributed by atoms with Crippen molar-refractivity contribution in [2.75, 3.05) is 6.61 Å². The summed E-state index contributed by atoms with van der Waals surface area (Å²) >= 11 is 0. The molecule has 4 atom stereocenters. The molecule has 0 aliphatic carbocycles. The Morgan fingerprint density at radius 1 is 1.36 bits per heavy atom. The summed E-state index contributed by atoms with van der Waals surface area (Å²) in [4.78, 5) is 30.6. The van der Waals surface area contributed by atoms with Crippen molar-refractivity contribution in [1.29, 1.82) is 16.1 Å². The number of carbonyl (C=O) groups excluding carboxylic acids is 2. The minimum Gasteiger partial charge on any atom is -0.463 e. The van der Waals surface area contributed by atoms with Crippen molar-refractivity contribution in [3.05, 3.63) is 23.5 Å². The summed E-state index contributed by atoms with van der Waals surface area (Å²) in [5, 5.41) is 48.3. The Morgan fingerprint density at radius 3 is 2.58 bits per heavy atom. The molecule has 0 bridgehead atoms. The van der Waals surface area contributed by atoms with Crippen LogP contribution in [0.2, 0.25) is 0 Å². The maximum atomic E-state index is 12.2. The van der Waals surface area contributed by atoms with Gasteiger partial charge in [0.25, 0.3) is 5.91 Å². The average Bonchev–Trinajstić information content (AvgIpc) is 3.36. The molecule has 2 heterocycles. The monoisotopic (exact) mass is 460 g/mol. The van der Waals surface area contributed by atoms with Crippen LogP contribution in [0.1, 0.15) is 39.1 Å². The molecular formula is C21H28N6O6. The third kappa shape index (κ3) is 5.33. The number of carbonyl (C=O) groups is 2. The topological polar surface area (TPSA) is 205 Å². The molecule has 6 N–H and O–H groups in total.